The molecule has 4 rings (SSSR count). The summed E-state index contributed by atoms with van der Waals surface area (Å²) in [7, 11) is 0. The van der Waals surface area contributed by atoms with E-state index in [4.69, 9.17) is 12.2 Å². The van der Waals surface area contributed by atoms with Gasteiger partial charge in [0.2, 0.25) is 0 Å². The van der Waals surface area contributed by atoms with Gasteiger partial charge in [-0.25, -0.2) is 0 Å². The van der Waals surface area contributed by atoms with Crippen molar-refractivity contribution >= 4 is 45.8 Å². The molecule has 1 N–H and O–H groups in total. The summed E-state index contributed by atoms with van der Waals surface area (Å²) in [5.74, 6) is 0. The Bertz CT molecular complexity index is 769. The number of benzene rings is 1. The molecule has 1 aliphatic carbocycles. The van der Waals surface area contributed by atoms with Gasteiger partial charge in [0.25, 0.3) is 0 Å². The summed E-state index contributed by atoms with van der Waals surface area (Å²) in [6, 6.07) is 6.62. The van der Waals surface area contributed by atoms with Crippen molar-refractivity contribution in [3.8, 4) is 0 Å². The number of rotatable bonds is 1. The molecular formula is C17H22N4S2. The zero-order valence-electron chi connectivity index (χ0n) is 13.8. The first kappa shape index (κ1) is 15.3. The number of nitrogens with one attached hydrogen (secondary N) is 1. The molecule has 0 amide bonds. The van der Waals surface area contributed by atoms with Crippen LogP contribution < -0.4 is 5.32 Å². The van der Waals surface area contributed by atoms with Crippen LogP contribution in [0.4, 0.5) is 5.69 Å². The van der Waals surface area contributed by atoms with Gasteiger partial charge >= 0.3 is 0 Å². The normalized spacial score (nSPS) is 29.0. The summed E-state index contributed by atoms with van der Waals surface area (Å²) in [5.41, 5.74) is 3.67. The molecule has 1 saturated heterocycles. The number of nitrogens with zero attached hydrogens (tertiary/aromatic N) is 3. The SMILES string of the molecule is CC1(C)C[C@H]2C[C@@](C)(CN2C(=S)Nc2ccc3nsnc3c2)C1. The third kappa shape index (κ3) is 2.83. The minimum Gasteiger partial charge on any atom is -0.345 e. The second-order valence-corrected chi connectivity index (χ2v) is 9.15. The Labute approximate surface area is 146 Å². The van der Waals surface area contributed by atoms with E-state index in [9.17, 15) is 0 Å². The Morgan fingerprint density at radius 2 is 2.04 bits per heavy atom. The summed E-state index contributed by atoms with van der Waals surface area (Å²) in [5, 5.41) is 4.26. The molecule has 2 bridgehead atoms. The maximum Gasteiger partial charge on any atom is 0.173 e. The van der Waals surface area contributed by atoms with Crippen molar-refractivity contribution in [2.24, 2.45) is 10.8 Å². The number of anilines is 1. The van der Waals surface area contributed by atoms with Crippen LogP contribution in [-0.2, 0) is 0 Å². The monoisotopic (exact) mass is 346 g/mol. The van der Waals surface area contributed by atoms with E-state index in [2.05, 4.69) is 39.7 Å². The molecule has 1 aromatic carbocycles. The standard InChI is InChI=1S/C17H22N4S2/c1-16(2)7-12-8-17(3,9-16)10-21(12)15(22)18-11-4-5-13-14(6-11)20-23-19-13/h4-6,12H,7-10H2,1-3H3,(H,18,22)/t12-,17+/m0/s1. The first-order valence-electron chi connectivity index (χ1n) is 8.14. The predicted molar refractivity (Wildman–Crippen MR) is 99.9 cm³/mol. The summed E-state index contributed by atoms with van der Waals surface area (Å²) in [6.07, 6.45) is 3.76. The second-order valence-electron chi connectivity index (χ2n) is 8.24. The lowest BCUT2D eigenvalue weighted by molar-refractivity contribution is 0.132. The minimum atomic E-state index is 0.390. The van der Waals surface area contributed by atoms with Crippen molar-refractivity contribution in [2.75, 3.05) is 11.9 Å². The van der Waals surface area contributed by atoms with Crippen LogP contribution in [0, 0.1) is 10.8 Å². The summed E-state index contributed by atoms with van der Waals surface area (Å²) >= 11 is 6.97. The fraction of sp³-hybridized carbons (Fsp3) is 0.588. The molecule has 23 heavy (non-hydrogen) atoms. The highest BCUT2D eigenvalue weighted by molar-refractivity contribution is 7.80. The number of hydrogen-bond acceptors (Lipinski definition) is 4. The molecule has 0 radical (unpaired) electrons. The van der Waals surface area contributed by atoms with Gasteiger partial charge in [0, 0.05) is 18.3 Å². The third-order valence-electron chi connectivity index (χ3n) is 5.18. The Balaban J connectivity index is 1.53. The fourth-order valence-electron chi connectivity index (χ4n) is 4.75. The minimum absolute atomic E-state index is 0.390. The van der Waals surface area contributed by atoms with Crippen LogP contribution in [-0.4, -0.2) is 31.3 Å². The van der Waals surface area contributed by atoms with Gasteiger partial charge in [-0.05, 0) is 60.5 Å². The van der Waals surface area contributed by atoms with Gasteiger partial charge in [0.1, 0.15) is 11.0 Å². The lowest BCUT2D eigenvalue weighted by Crippen LogP contribution is -2.39. The van der Waals surface area contributed by atoms with E-state index in [1.165, 1.54) is 31.0 Å². The smallest absolute Gasteiger partial charge is 0.173 e. The molecule has 2 fully saturated rings. The van der Waals surface area contributed by atoms with Gasteiger partial charge in [-0.3, -0.25) is 0 Å². The third-order valence-corrected chi connectivity index (χ3v) is 6.07. The quantitative estimate of drug-likeness (QED) is 0.780. The molecular weight excluding hydrogens is 324 g/mol. The summed E-state index contributed by atoms with van der Waals surface area (Å²) in [6.45, 7) is 8.26. The highest BCUT2D eigenvalue weighted by atomic mass is 32.1. The number of aromatic nitrogens is 2. The zero-order chi connectivity index (χ0) is 16.2. The van der Waals surface area contributed by atoms with E-state index in [0.717, 1.165) is 28.4 Å². The van der Waals surface area contributed by atoms with Crippen molar-refractivity contribution in [1.29, 1.82) is 0 Å². The van der Waals surface area contributed by atoms with Gasteiger partial charge in [-0.1, -0.05) is 20.8 Å². The van der Waals surface area contributed by atoms with Crippen molar-refractivity contribution < 1.29 is 0 Å². The number of thiocarbonyl (C=S) groups is 1. The molecule has 6 heteroatoms. The van der Waals surface area contributed by atoms with Gasteiger partial charge < -0.3 is 10.2 Å². The Kier molecular flexibility index (Phi) is 3.39. The Hall–Kier alpha value is -1.27. The first-order valence-corrected chi connectivity index (χ1v) is 9.28. The largest absolute Gasteiger partial charge is 0.345 e. The molecule has 2 heterocycles. The molecule has 2 aliphatic rings. The molecule has 2 atom stereocenters. The molecule has 0 spiro atoms. The van der Waals surface area contributed by atoms with Gasteiger partial charge in [-0.2, -0.15) is 8.75 Å². The molecule has 4 nitrogen and oxygen atoms in total. The van der Waals surface area contributed by atoms with Crippen molar-refractivity contribution in [2.45, 2.75) is 46.1 Å². The molecule has 2 aromatic rings. The van der Waals surface area contributed by atoms with Gasteiger partial charge in [0.15, 0.2) is 5.11 Å². The van der Waals surface area contributed by atoms with Crippen LogP contribution in [0.5, 0.6) is 0 Å². The van der Waals surface area contributed by atoms with Crippen LogP contribution in [0.1, 0.15) is 40.0 Å². The van der Waals surface area contributed by atoms with Crippen LogP contribution in [0.2, 0.25) is 0 Å². The number of likely N-dealkylation sites (tertiary alicyclic amines) is 1. The highest BCUT2D eigenvalue weighted by Crippen LogP contribution is 2.52. The maximum atomic E-state index is 5.73. The van der Waals surface area contributed by atoms with E-state index >= 15 is 0 Å². The van der Waals surface area contributed by atoms with E-state index in [1.54, 1.807) is 0 Å². The summed E-state index contributed by atoms with van der Waals surface area (Å²) in [4.78, 5) is 2.41. The number of hydrogen-bond donors (Lipinski definition) is 1. The predicted octanol–water partition coefficient (Wildman–Crippen LogP) is 4.29. The highest BCUT2D eigenvalue weighted by Gasteiger charge is 2.50. The van der Waals surface area contributed by atoms with Gasteiger partial charge in [0.05, 0.1) is 11.7 Å². The summed E-state index contributed by atoms with van der Waals surface area (Å²) < 4.78 is 8.55. The van der Waals surface area contributed by atoms with Crippen molar-refractivity contribution in [3.63, 3.8) is 0 Å². The number of fused-ring (bicyclic) bond motifs is 3. The van der Waals surface area contributed by atoms with E-state index < -0.39 is 0 Å². The van der Waals surface area contributed by atoms with Crippen molar-refractivity contribution in [1.82, 2.24) is 13.6 Å². The second kappa shape index (κ2) is 5.11. The average molecular weight is 347 g/mol. The van der Waals surface area contributed by atoms with Crippen LogP contribution in [0.25, 0.3) is 11.0 Å². The van der Waals surface area contributed by atoms with Gasteiger partial charge in [-0.15, -0.1) is 0 Å². The molecule has 122 valence electrons. The lowest BCUT2D eigenvalue weighted by atomic mass is 9.65. The molecule has 0 unspecified atom stereocenters. The van der Waals surface area contributed by atoms with E-state index in [-0.39, 0.29) is 0 Å². The van der Waals surface area contributed by atoms with Crippen LogP contribution in [0.3, 0.4) is 0 Å². The van der Waals surface area contributed by atoms with Crippen LogP contribution in [0.15, 0.2) is 18.2 Å². The van der Waals surface area contributed by atoms with Crippen LogP contribution >= 0.6 is 23.9 Å². The fourth-order valence-corrected chi connectivity index (χ4v) is 5.60. The molecule has 1 aliphatic heterocycles. The Morgan fingerprint density at radius 1 is 1.26 bits per heavy atom. The topological polar surface area (TPSA) is 41.0 Å². The lowest BCUT2D eigenvalue weighted by Gasteiger charge is -2.39. The zero-order valence-corrected chi connectivity index (χ0v) is 15.4. The van der Waals surface area contributed by atoms with E-state index in [0.29, 0.717) is 16.9 Å². The maximum absolute atomic E-state index is 5.73. The Morgan fingerprint density at radius 3 is 2.87 bits per heavy atom. The first-order chi connectivity index (χ1) is 10.8. The van der Waals surface area contributed by atoms with Crippen molar-refractivity contribution in [3.05, 3.63) is 18.2 Å². The average Bonchev–Trinajstić information content (AvgIpc) is 2.99. The van der Waals surface area contributed by atoms with E-state index in [1.807, 2.05) is 18.2 Å². The molecule has 1 aromatic heterocycles. The molecule has 1 saturated carbocycles.